The lowest BCUT2D eigenvalue weighted by atomic mass is 10.1. The molecule has 0 unspecified atom stereocenters. The molecule has 0 bridgehead atoms. The fourth-order valence-electron chi connectivity index (χ4n) is 1.74. The number of allylic oxidation sites excluding steroid dienone is 1. The number of ether oxygens (including phenoxy) is 2. The summed E-state index contributed by atoms with van der Waals surface area (Å²) in [7, 11) is 5.72. The molecule has 0 aromatic carbocycles. The van der Waals surface area contributed by atoms with E-state index in [-0.39, 0.29) is 19.3 Å². The Labute approximate surface area is 132 Å². The smallest absolute Gasteiger partial charge is 0.355 e. The van der Waals surface area contributed by atoms with E-state index in [1.54, 1.807) is 0 Å². The van der Waals surface area contributed by atoms with Crippen molar-refractivity contribution >= 4 is 28.3 Å². The van der Waals surface area contributed by atoms with Gasteiger partial charge in [0.05, 0.1) is 6.61 Å². The largest absolute Gasteiger partial charge is 0.501 e. The Bertz CT molecular complexity index is 189. The molecule has 19 heavy (non-hydrogen) atoms. The van der Waals surface area contributed by atoms with Crippen LogP contribution in [0.15, 0.2) is 12.2 Å². The van der Waals surface area contributed by atoms with Crippen molar-refractivity contribution < 1.29 is 9.47 Å². The first kappa shape index (κ1) is 19.7. The summed E-state index contributed by atoms with van der Waals surface area (Å²) in [5, 5.41) is 0. The van der Waals surface area contributed by atoms with Gasteiger partial charge in [-0.2, -0.15) is 0 Å². The molecule has 0 saturated carbocycles. The highest BCUT2D eigenvalue weighted by Crippen LogP contribution is 2.04. The lowest BCUT2D eigenvalue weighted by molar-refractivity contribution is -0.0531. The van der Waals surface area contributed by atoms with E-state index in [0.717, 1.165) is 32.5 Å². The molecule has 0 rings (SSSR count). The van der Waals surface area contributed by atoms with Crippen molar-refractivity contribution in [1.82, 2.24) is 0 Å². The van der Waals surface area contributed by atoms with E-state index in [1.165, 1.54) is 36.7 Å². The maximum atomic E-state index is 5.72. The van der Waals surface area contributed by atoms with E-state index in [1.807, 2.05) is 0 Å². The van der Waals surface area contributed by atoms with E-state index in [4.69, 9.17) is 18.5 Å². The molecule has 0 spiro atoms. The summed E-state index contributed by atoms with van der Waals surface area (Å²) in [4.78, 5) is 0. The first-order valence-electron chi connectivity index (χ1n) is 7.78. The van der Waals surface area contributed by atoms with Crippen molar-refractivity contribution in [3.63, 3.8) is 0 Å². The minimum absolute atomic E-state index is 0.280. The van der Waals surface area contributed by atoms with Crippen molar-refractivity contribution in [1.29, 1.82) is 0 Å². The Hall–Kier alpha value is 0.716. The zero-order chi connectivity index (χ0) is 14.0. The molecule has 2 nitrogen and oxygen atoms in total. The highest BCUT2D eigenvalue weighted by molar-refractivity contribution is 6.93. The summed E-state index contributed by atoms with van der Waals surface area (Å²) >= 11 is -0.280. The molecule has 0 heterocycles. The molecule has 0 fully saturated rings. The average Bonchev–Trinajstić information content (AvgIpc) is 2.43. The molecule has 0 saturated heterocycles. The Balaban J connectivity index is 2.97. The second-order valence-electron chi connectivity index (χ2n) is 4.79. The Morgan fingerprint density at radius 3 is 2.37 bits per heavy atom. The average molecular weight is 301 g/mol. The first-order chi connectivity index (χ1) is 9.41. The zero-order valence-corrected chi connectivity index (χ0v) is 14.7. The zero-order valence-electron chi connectivity index (χ0n) is 12.5. The van der Waals surface area contributed by atoms with Crippen molar-refractivity contribution in [2.45, 2.75) is 62.8 Å². The van der Waals surface area contributed by atoms with Crippen molar-refractivity contribution in [2.75, 3.05) is 20.0 Å². The number of unbranched alkanes of at least 4 members (excludes halogenated alkanes) is 5. The van der Waals surface area contributed by atoms with E-state index in [0.29, 0.717) is 6.79 Å². The summed E-state index contributed by atoms with van der Waals surface area (Å²) in [5.74, 6) is 0. The second-order valence-corrected chi connectivity index (χ2v) is 7.01. The maximum Gasteiger partial charge on any atom is 0.501 e. The van der Waals surface area contributed by atoms with Crippen LogP contribution in [-0.2, 0) is 9.47 Å². The van der Waals surface area contributed by atoms with Crippen LogP contribution < -0.4 is 0 Å². The van der Waals surface area contributed by atoms with Gasteiger partial charge in [-0.3, -0.25) is 0 Å². The quantitative estimate of drug-likeness (QED) is 0.184. The van der Waals surface area contributed by atoms with E-state index < -0.39 is 0 Å². The van der Waals surface area contributed by atoms with Crippen LogP contribution in [0.2, 0.25) is 4.55 Å². The maximum absolute atomic E-state index is 5.72. The lowest BCUT2D eigenvalue weighted by Crippen LogP contribution is -2.02. The predicted octanol–water partition coefficient (Wildman–Crippen LogP) is 4.95. The van der Waals surface area contributed by atoms with Crippen molar-refractivity contribution in [2.24, 2.45) is 0 Å². The second kappa shape index (κ2) is 18.7. The van der Waals surface area contributed by atoms with Crippen LogP contribution in [0.5, 0.6) is 0 Å². The molecule has 0 atom stereocenters. The Kier molecular flexibility index (Phi) is 19.4. The van der Waals surface area contributed by atoms with Gasteiger partial charge in [0, 0.05) is 6.61 Å². The van der Waals surface area contributed by atoms with Crippen LogP contribution in [0.3, 0.4) is 0 Å². The van der Waals surface area contributed by atoms with E-state index >= 15 is 0 Å². The van der Waals surface area contributed by atoms with Gasteiger partial charge < -0.3 is 18.5 Å². The van der Waals surface area contributed by atoms with Crippen molar-refractivity contribution in [3.05, 3.63) is 12.2 Å². The number of hydrogen-bond acceptors (Lipinski definition) is 2. The Morgan fingerprint density at radius 1 is 0.895 bits per heavy atom. The highest BCUT2D eigenvalue weighted by atomic mass is 35.5. The fraction of sp³-hybridized carbons (Fsp3) is 0.867. The number of halogens is 1. The van der Waals surface area contributed by atoms with Gasteiger partial charge in [0.1, 0.15) is 6.79 Å². The fourth-order valence-corrected chi connectivity index (χ4v) is 2.60. The lowest BCUT2D eigenvalue weighted by Gasteiger charge is -2.04. The normalized spacial score (nSPS) is 11.1. The van der Waals surface area contributed by atoms with Gasteiger partial charge in [0.15, 0.2) is 0 Å². The van der Waals surface area contributed by atoms with Gasteiger partial charge >= 0.3 is 19.3 Å². The molecule has 0 N–H and O–H groups in total. The molecule has 110 valence electrons. The summed E-state index contributed by atoms with van der Waals surface area (Å²) in [6, 6.07) is 0. The number of rotatable bonds is 15. The Morgan fingerprint density at radius 2 is 1.58 bits per heavy atom. The monoisotopic (exact) mass is 300 g/mol. The number of hydrogen-bond donors (Lipinski definition) is 0. The molecule has 0 aromatic rings. The molecule has 0 radical (unpaired) electrons. The van der Waals surface area contributed by atoms with Gasteiger partial charge in [-0.05, 0) is 12.8 Å². The van der Waals surface area contributed by atoms with Gasteiger partial charge in [-0.25, -0.2) is 0 Å². The third-order valence-electron chi connectivity index (χ3n) is 2.91. The third kappa shape index (κ3) is 18.7. The SMILES string of the molecule is CCCCCCCCOCOCC/C=C/C[CH2][Mg][Cl]. The van der Waals surface area contributed by atoms with Gasteiger partial charge in [-0.15, -0.1) is 4.55 Å². The van der Waals surface area contributed by atoms with Crippen LogP contribution >= 0.6 is 9.07 Å². The van der Waals surface area contributed by atoms with E-state index in [9.17, 15) is 0 Å². The minimum Gasteiger partial charge on any atom is -0.355 e. The predicted molar refractivity (Wildman–Crippen MR) is 84.9 cm³/mol. The van der Waals surface area contributed by atoms with Gasteiger partial charge in [0.25, 0.3) is 0 Å². The van der Waals surface area contributed by atoms with Crippen LogP contribution in [0, 0.1) is 0 Å². The molecular formula is C15H29ClMgO2. The first-order valence-corrected chi connectivity index (χ1v) is 10.9. The van der Waals surface area contributed by atoms with Crippen molar-refractivity contribution in [3.8, 4) is 0 Å². The molecular weight excluding hydrogens is 272 g/mol. The molecule has 4 heteroatoms. The molecule has 0 aromatic heterocycles. The summed E-state index contributed by atoms with van der Waals surface area (Å²) in [6.07, 6.45) is 14.3. The van der Waals surface area contributed by atoms with Gasteiger partial charge in [-0.1, -0.05) is 57.6 Å². The summed E-state index contributed by atoms with van der Waals surface area (Å²) in [5.41, 5.74) is 0. The summed E-state index contributed by atoms with van der Waals surface area (Å²) < 4.78 is 12.0. The molecule has 0 aliphatic heterocycles. The third-order valence-corrected chi connectivity index (χ3v) is 4.39. The van der Waals surface area contributed by atoms with Crippen LogP contribution in [0.1, 0.15) is 58.3 Å². The molecule has 0 aliphatic rings. The van der Waals surface area contributed by atoms with Crippen LogP contribution in [-0.4, -0.2) is 39.3 Å². The van der Waals surface area contributed by atoms with E-state index in [2.05, 4.69) is 19.1 Å². The summed E-state index contributed by atoms with van der Waals surface area (Å²) in [6.45, 7) is 4.28. The molecule has 0 amide bonds. The highest BCUT2D eigenvalue weighted by Gasteiger charge is 1.91. The van der Waals surface area contributed by atoms with Crippen LogP contribution in [0.25, 0.3) is 0 Å². The minimum atomic E-state index is -0.280. The molecule has 0 aliphatic carbocycles. The van der Waals surface area contributed by atoms with Gasteiger partial charge in [0.2, 0.25) is 0 Å². The van der Waals surface area contributed by atoms with Crippen LogP contribution in [0.4, 0.5) is 0 Å². The topological polar surface area (TPSA) is 18.5 Å². The standard InChI is InChI=1S/C15H29O2.ClH.Mg/c1-3-5-7-9-10-12-14-17-15-16-13-11-8-6-4-2;;/h6,8H,2-5,7,9-15H2,1H3;1H;/q;;+1/p-1/b8-6+;;.